The van der Waals surface area contributed by atoms with Gasteiger partial charge in [-0.15, -0.1) is 23.1 Å². The van der Waals surface area contributed by atoms with Crippen LogP contribution in [0.3, 0.4) is 0 Å². The van der Waals surface area contributed by atoms with Crippen LogP contribution in [0.15, 0.2) is 132 Å². The topological polar surface area (TPSA) is 0 Å². The normalized spacial score (nSPS) is 17.2. The van der Waals surface area contributed by atoms with Crippen molar-refractivity contribution in [2.24, 2.45) is 0 Å². The van der Waals surface area contributed by atoms with E-state index < -0.39 is 15.8 Å². The first-order chi connectivity index (χ1) is 19.5. The fourth-order valence-corrected chi connectivity index (χ4v) is 14.6. The molecular formula is C36H34P2S2. The van der Waals surface area contributed by atoms with Crippen LogP contribution in [0.2, 0.25) is 0 Å². The molecule has 0 spiro atoms. The largest absolute Gasteiger partial charge is 0.145 e. The summed E-state index contributed by atoms with van der Waals surface area (Å²) in [4.78, 5) is 4.46. The molecule has 6 rings (SSSR count). The minimum absolute atomic E-state index is 0.383. The number of thiophene rings is 1. The molecule has 0 fully saturated rings. The molecular weight excluding hydrogens is 558 g/mol. The van der Waals surface area contributed by atoms with Gasteiger partial charge in [0, 0.05) is 26.2 Å². The van der Waals surface area contributed by atoms with Crippen molar-refractivity contribution in [3.05, 3.63) is 147 Å². The Balaban J connectivity index is 1.58. The average molecular weight is 593 g/mol. The molecule has 5 aromatic rings. The van der Waals surface area contributed by atoms with Crippen LogP contribution in [0.4, 0.5) is 0 Å². The molecule has 0 nitrogen and oxygen atoms in total. The number of benzene rings is 4. The number of rotatable bonds is 7. The minimum Gasteiger partial charge on any atom is -0.145 e. The number of hydrogen-bond acceptors (Lipinski definition) is 2. The van der Waals surface area contributed by atoms with Crippen LogP contribution >= 0.6 is 38.9 Å². The molecule has 0 radical (unpaired) electrons. The summed E-state index contributed by atoms with van der Waals surface area (Å²) >= 11 is 4.09. The molecule has 4 aromatic carbocycles. The standard InChI is InChI=1S/C36H34P2S2/c1-25-33(35(27(3)39-25)37(29-17-9-5-10-18-29)30-19-11-6-12-20-30)34-26(2)40-28(4)36(34)38(31-21-13-7-14-22-31)32-23-15-8-16-24-32/h5-25,33H,1-4H3. The predicted molar refractivity (Wildman–Crippen MR) is 184 cm³/mol. The fourth-order valence-electron chi connectivity index (χ4n) is 5.99. The van der Waals surface area contributed by atoms with Crippen LogP contribution in [0.1, 0.15) is 35.1 Å². The molecule has 1 aromatic heterocycles. The van der Waals surface area contributed by atoms with Crippen molar-refractivity contribution < 1.29 is 0 Å². The van der Waals surface area contributed by atoms with E-state index in [1.54, 1.807) is 16.2 Å². The summed E-state index contributed by atoms with van der Waals surface area (Å²) in [6.07, 6.45) is 0. The second-order valence-electron chi connectivity index (χ2n) is 10.2. The van der Waals surface area contributed by atoms with Crippen LogP contribution < -0.4 is 26.5 Å². The van der Waals surface area contributed by atoms with Gasteiger partial charge < -0.3 is 0 Å². The van der Waals surface area contributed by atoms with Gasteiger partial charge in [-0.3, -0.25) is 0 Å². The molecule has 2 unspecified atom stereocenters. The lowest BCUT2D eigenvalue weighted by molar-refractivity contribution is 0.829. The van der Waals surface area contributed by atoms with E-state index in [0.29, 0.717) is 11.2 Å². The van der Waals surface area contributed by atoms with Crippen molar-refractivity contribution in [1.82, 2.24) is 0 Å². The zero-order chi connectivity index (χ0) is 27.6. The van der Waals surface area contributed by atoms with Gasteiger partial charge in [0.25, 0.3) is 0 Å². The lowest BCUT2D eigenvalue weighted by atomic mass is 9.95. The SMILES string of the molecule is CC1=C(P(c2ccccc2)c2ccccc2)C(c2c(C)sc(C)c2P(c2ccccc2)c2ccccc2)C(C)S1. The Morgan fingerprint density at radius 1 is 0.525 bits per heavy atom. The monoisotopic (exact) mass is 592 g/mol. The predicted octanol–water partition coefficient (Wildman–Crippen LogP) is 8.71. The second kappa shape index (κ2) is 12.2. The van der Waals surface area contributed by atoms with E-state index in [1.807, 2.05) is 11.3 Å². The lowest BCUT2D eigenvalue weighted by Gasteiger charge is -2.30. The molecule has 200 valence electrons. The first-order valence-electron chi connectivity index (χ1n) is 13.8. The van der Waals surface area contributed by atoms with Gasteiger partial charge in [-0.2, -0.15) is 0 Å². The van der Waals surface area contributed by atoms with Crippen molar-refractivity contribution in [3.63, 3.8) is 0 Å². The van der Waals surface area contributed by atoms with Gasteiger partial charge in [0.05, 0.1) is 0 Å². The van der Waals surface area contributed by atoms with Gasteiger partial charge >= 0.3 is 0 Å². The summed E-state index contributed by atoms with van der Waals surface area (Å²) in [5.74, 6) is 0.383. The van der Waals surface area contributed by atoms with Gasteiger partial charge in [0.1, 0.15) is 0 Å². The van der Waals surface area contributed by atoms with Gasteiger partial charge in [-0.1, -0.05) is 128 Å². The van der Waals surface area contributed by atoms with Crippen molar-refractivity contribution in [2.75, 3.05) is 0 Å². The van der Waals surface area contributed by atoms with E-state index in [-0.39, 0.29) is 0 Å². The number of allylic oxidation sites excluding steroid dienone is 2. The quantitative estimate of drug-likeness (QED) is 0.170. The molecule has 0 saturated carbocycles. The van der Waals surface area contributed by atoms with Crippen LogP contribution in [-0.4, -0.2) is 5.25 Å². The Morgan fingerprint density at radius 3 is 1.35 bits per heavy atom. The Morgan fingerprint density at radius 2 is 0.925 bits per heavy atom. The summed E-state index contributed by atoms with van der Waals surface area (Å²) in [6, 6.07) is 44.9. The highest BCUT2D eigenvalue weighted by Crippen LogP contribution is 2.62. The van der Waals surface area contributed by atoms with Crippen molar-refractivity contribution in [3.8, 4) is 0 Å². The average Bonchev–Trinajstić information content (AvgIpc) is 3.43. The van der Waals surface area contributed by atoms with Gasteiger partial charge in [0.2, 0.25) is 0 Å². The van der Waals surface area contributed by atoms with Gasteiger partial charge in [-0.05, 0) is 73.6 Å². The Hall–Kier alpha value is -2.47. The molecule has 1 aliphatic heterocycles. The van der Waals surface area contributed by atoms with E-state index in [2.05, 4.69) is 161 Å². The van der Waals surface area contributed by atoms with Gasteiger partial charge in [0.15, 0.2) is 0 Å². The molecule has 0 saturated heterocycles. The second-order valence-corrected chi connectivity index (χ2v) is 17.6. The summed E-state index contributed by atoms with van der Waals surface area (Å²) < 4.78 is 0. The molecule has 4 heteroatoms. The highest BCUT2D eigenvalue weighted by atomic mass is 32.2. The Kier molecular flexibility index (Phi) is 8.43. The van der Waals surface area contributed by atoms with E-state index in [0.717, 1.165) is 0 Å². The van der Waals surface area contributed by atoms with E-state index in [9.17, 15) is 0 Å². The Labute approximate surface area is 250 Å². The maximum Gasteiger partial charge on any atom is 0.0245 e. The van der Waals surface area contributed by atoms with E-state index in [1.165, 1.54) is 35.9 Å². The van der Waals surface area contributed by atoms with Crippen LogP contribution in [0, 0.1) is 13.8 Å². The molecule has 1 aliphatic rings. The molecule has 0 amide bonds. The fraction of sp³-hybridized carbons (Fsp3) is 0.167. The highest BCUT2D eigenvalue weighted by Gasteiger charge is 2.41. The third kappa shape index (κ3) is 5.29. The number of aryl methyl sites for hydroxylation is 2. The van der Waals surface area contributed by atoms with Crippen LogP contribution in [-0.2, 0) is 0 Å². The van der Waals surface area contributed by atoms with Gasteiger partial charge in [-0.25, -0.2) is 0 Å². The van der Waals surface area contributed by atoms with Crippen molar-refractivity contribution >= 4 is 65.5 Å². The number of hydrogen-bond donors (Lipinski definition) is 0. The first-order valence-corrected chi connectivity index (χ1v) is 18.2. The minimum atomic E-state index is -0.677. The van der Waals surface area contributed by atoms with Crippen molar-refractivity contribution in [2.45, 2.75) is 38.9 Å². The van der Waals surface area contributed by atoms with Crippen LogP contribution in [0.5, 0.6) is 0 Å². The number of thioether (sulfide) groups is 1. The zero-order valence-electron chi connectivity index (χ0n) is 23.4. The third-order valence-corrected chi connectivity index (χ3v) is 15.5. The maximum absolute atomic E-state index is 2.46. The lowest BCUT2D eigenvalue weighted by Crippen LogP contribution is -2.27. The summed E-state index contributed by atoms with van der Waals surface area (Å²) in [5.41, 5.74) is 1.59. The smallest absolute Gasteiger partial charge is 0.0245 e. The zero-order valence-corrected chi connectivity index (χ0v) is 26.8. The highest BCUT2D eigenvalue weighted by molar-refractivity contribution is 8.04. The first kappa shape index (κ1) is 27.7. The summed E-state index contributed by atoms with van der Waals surface area (Å²) in [5, 5.41) is 9.45. The summed E-state index contributed by atoms with van der Waals surface area (Å²) in [6.45, 7) is 9.57. The maximum atomic E-state index is 2.46. The molecule has 0 aliphatic carbocycles. The van der Waals surface area contributed by atoms with E-state index >= 15 is 0 Å². The Bertz CT molecular complexity index is 1530. The molecule has 2 heterocycles. The summed E-state index contributed by atoms with van der Waals surface area (Å²) in [7, 11) is -1.33. The van der Waals surface area contributed by atoms with Crippen molar-refractivity contribution in [1.29, 1.82) is 0 Å². The molecule has 0 N–H and O–H groups in total. The van der Waals surface area contributed by atoms with E-state index in [4.69, 9.17) is 0 Å². The molecule has 0 bridgehead atoms. The van der Waals surface area contributed by atoms with Crippen LogP contribution in [0.25, 0.3) is 0 Å². The molecule has 40 heavy (non-hydrogen) atoms. The molecule has 2 atom stereocenters. The third-order valence-electron chi connectivity index (χ3n) is 7.59.